The molecule has 0 saturated heterocycles. The summed E-state index contributed by atoms with van der Waals surface area (Å²) >= 11 is 0. The van der Waals surface area contributed by atoms with Crippen LogP contribution in [0.4, 0.5) is 0 Å². The largest absolute Gasteiger partial charge is 0.324 e. The molecule has 1 unspecified atom stereocenters. The summed E-state index contributed by atoms with van der Waals surface area (Å²) in [5.41, 5.74) is 12.0. The van der Waals surface area contributed by atoms with E-state index in [1.54, 1.807) is 0 Å². The lowest BCUT2D eigenvalue weighted by Gasteiger charge is -2.21. The van der Waals surface area contributed by atoms with E-state index in [1.165, 1.54) is 11.1 Å². The molecule has 0 saturated carbocycles. The predicted molar refractivity (Wildman–Crippen MR) is 76.8 cm³/mol. The average molecular weight is 253 g/mol. The summed E-state index contributed by atoms with van der Waals surface area (Å²) in [4.78, 5) is 9.31. The Labute approximate surface area is 113 Å². The van der Waals surface area contributed by atoms with Gasteiger partial charge in [0.25, 0.3) is 0 Å². The van der Waals surface area contributed by atoms with Crippen molar-refractivity contribution in [3.05, 3.63) is 46.8 Å². The highest BCUT2D eigenvalue weighted by Crippen LogP contribution is 2.29. The van der Waals surface area contributed by atoms with Gasteiger partial charge >= 0.3 is 0 Å². The second-order valence-electron chi connectivity index (χ2n) is 5.36. The molecule has 98 valence electrons. The van der Waals surface area contributed by atoms with Crippen LogP contribution in [0.15, 0.2) is 24.4 Å². The fourth-order valence-corrected chi connectivity index (χ4v) is 2.87. The van der Waals surface area contributed by atoms with E-state index in [9.17, 15) is 0 Å². The number of hydrogen-bond acceptors (Lipinski definition) is 3. The van der Waals surface area contributed by atoms with Gasteiger partial charge in [-0.3, -0.25) is 0 Å². The minimum absolute atomic E-state index is 0.107. The van der Waals surface area contributed by atoms with E-state index < -0.39 is 0 Å². The van der Waals surface area contributed by atoms with Gasteiger partial charge in [0.1, 0.15) is 0 Å². The van der Waals surface area contributed by atoms with Crippen LogP contribution in [0.25, 0.3) is 11.4 Å². The minimum atomic E-state index is 0.107. The first-order valence-electron chi connectivity index (χ1n) is 6.85. The first kappa shape index (κ1) is 12.3. The maximum absolute atomic E-state index is 6.11. The van der Waals surface area contributed by atoms with Crippen LogP contribution < -0.4 is 5.73 Å². The van der Waals surface area contributed by atoms with Gasteiger partial charge in [-0.15, -0.1) is 0 Å². The summed E-state index contributed by atoms with van der Waals surface area (Å²) in [5, 5.41) is 0. The Morgan fingerprint density at radius 3 is 2.68 bits per heavy atom. The first-order valence-corrected chi connectivity index (χ1v) is 6.85. The molecule has 1 aliphatic rings. The summed E-state index contributed by atoms with van der Waals surface area (Å²) < 4.78 is 0. The number of aryl methyl sites for hydroxylation is 3. The van der Waals surface area contributed by atoms with Crippen LogP contribution >= 0.6 is 0 Å². The quantitative estimate of drug-likeness (QED) is 0.849. The monoisotopic (exact) mass is 253 g/mol. The van der Waals surface area contributed by atoms with Crippen molar-refractivity contribution in [2.24, 2.45) is 5.73 Å². The summed E-state index contributed by atoms with van der Waals surface area (Å²) in [6, 6.07) is 6.40. The number of fused-ring (bicyclic) bond motifs is 1. The standard InChI is InChI=1S/C16H19N3/c1-10-5-3-6-11(2)15(10)16-18-9-12-13(17)7-4-8-14(12)19-16/h3,5-6,9,13H,4,7-8,17H2,1-2H3. The smallest absolute Gasteiger partial charge is 0.159 e. The van der Waals surface area contributed by atoms with Crippen LogP contribution in [0, 0.1) is 13.8 Å². The third-order valence-electron chi connectivity index (χ3n) is 3.93. The van der Waals surface area contributed by atoms with Crippen molar-refractivity contribution in [2.45, 2.75) is 39.2 Å². The van der Waals surface area contributed by atoms with E-state index in [2.05, 4.69) is 37.0 Å². The molecule has 3 rings (SSSR count). The molecule has 1 aromatic carbocycles. The van der Waals surface area contributed by atoms with Crippen molar-refractivity contribution in [2.75, 3.05) is 0 Å². The molecule has 2 N–H and O–H groups in total. The van der Waals surface area contributed by atoms with Gasteiger partial charge in [0.2, 0.25) is 0 Å². The van der Waals surface area contributed by atoms with Gasteiger partial charge < -0.3 is 5.73 Å². The highest BCUT2D eigenvalue weighted by molar-refractivity contribution is 5.64. The molecule has 0 radical (unpaired) electrons. The maximum Gasteiger partial charge on any atom is 0.159 e. The molecular formula is C16H19N3. The Balaban J connectivity index is 2.12. The van der Waals surface area contributed by atoms with Gasteiger partial charge in [-0.05, 0) is 44.2 Å². The zero-order valence-electron chi connectivity index (χ0n) is 11.5. The Morgan fingerprint density at radius 2 is 1.95 bits per heavy atom. The molecule has 3 heteroatoms. The minimum Gasteiger partial charge on any atom is -0.324 e. The molecule has 1 heterocycles. The average Bonchev–Trinajstić information content (AvgIpc) is 2.39. The van der Waals surface area contributed by atoms with Gasteiger partial charge in [-0.1, -0.05) is 18.2 Å². The van der Waals surface area contributed by atoms with E-state index >= 15 is 0 Å². The maximum atomic E-state index is 6.11. The number of nitrogens with two attached hydrogens (primary N) is 1. The summed E-state index contributed by atoms with van der Waals surface area (Å²) in [6.07, 6.45) is 5.10. The third-order valence-corrected chi connectivity index (χ3v) is 3.93. The fraction of sp³-hybridized carbons (Fsp3) is 0.375. The van der Waals surface area contributed by atoms with Crippen LogP contribution in [0.2, 0.25) is 0 Å². The number of rotatable bonds is 1. The van der Waals surface area contributed by atoms with E-state index in [0.29, 0.717) is 0 Å². The lowest BCUT2D eigenvalue weighted by molar-refractivity contribution is 0.557. The fourth-order valence-electron chi connectivity index (χ4n) is 2.87. The Bertz CT molecular complexity index is 599. The van der Waals surface area contributed by atoms with Crippen molar-refractivity contribution < 1.29 is 0 Å². The lowest BCUT2D eigenvalue weighted by Crippen LogP contribution is -2.19. The number of benzene rings is 1. The molecule has 2 aromatic rings. The van der Waals surface area contributed by atoms with Gasteiger partial charge in [-0.2, -0.15) is 0 Å². The Kier molecular flexibility index (Phi) is 3.07. The van der Waals surface area contributed by atoms with E-state index in [1.807, 2.05) is 6.20 Å². The highest BCUT2D eigenvalue weighted by atomic mass is 14.9. The van der Waals surface area contributed by atoms with E-state index in [0.717, 1.165) is 41.9 Å². The molecule has 19 heavy (non-hydrogen) atoms. The van der Waals surface area contributed by atoms with Crippen molar-refractivity contribution in [3.8, 4) is 11.4 Å². The van der Waals surface area contributed by atoms with Gasteiger partial charge in [-0.25, -0.2) is 9.97 Å². The molecule has 0 amide bonds. The molecule has 0 spiro atoms. The second-order valence-corrected chi connectivity index (χ2v) is 5.36. The molecule has 0 bridgehead atoms. The Hall–Kier alpha value is -1.74. The van der Waals surface area contributed by atoms with Gasteiger partial charge in [0, 0.05) is 29.1 Å². The summed E-state index contributed by atoms with van der Waals surface area (Å²) in [5.74, 6) is 0.837. The van der Waals surface area contributed by atoms with Gasteiger partial charge in [0.05, 0.1) is 0 Å². The third kappa shape index (κ3) is 2.15. The van der Waals surface area contributed by atoms with Crippen LogP contribution in [0.3, 0.4) is 0 Å². The molecule has 1 atom stereocenters. The molecular weight excluding hydrogens is 234 g/mol. The molecule has 1 aromatic heterocycles. The van der Waals surface area contributed by atoms with E-state index in [-0.39, 0.29) is 6.04 Å². The second kappa shape index (κ2) is 4.74. The topological polar surface area (TPSA) is 51.8 Å². The molecule has 0 fully saturated rings. The molecule has 0 aliphatic heterocycles. The normalized spacial score (nSPS) is 18.2. The van der Waals surface area contributed by atoms with Crippen LogP contribution in [0.1, 0.15) is 41.3 Å². The number of nitrogens with zero attached hydrogens (tertiary/aromatic N) is 2. The van der Waals surface area contributed by atoms with Crippen molar-refractivity contribution in [1.29, 1.82) is 0 Å². The van der Waals surface area contributed by atoms with Crippen LogP contribution in [0.5, 0.6) is 0 Å². The molecule has 1 aliphatic carbocycles. The predicted octanol–water partition coefficient (Wildman–Crippen LogP) is 3.10. The van der Waals surface area contributed by atoms with Crippen molar-refractivity contribution in [3.63, 3.8) is 0 Å². The Morgan fingerprint density at radius 1 is 1.21 bits per heavy atom. The summed E-state index contributed by atoms with van der Waals surface area (Å²) in [7, 11) is 0. The lowest BCUT2D eigenvalue weighted by atomic mass is 9.92. The van der Waals surface area contributed by atoms with Gasteiger partial charge in [0.15, 0.2) is 5.82 Å². The molecule has 3 nitrogen and oxygen atoms in total. The zero-order chi connectivity index (χ0) is 13.4. The van der Waals surface area contributed by atoms with Crippen LogP contribution in [-0.2, 0) is 6.42 Å². The van der Waals surface area contributed by atoms with Crippen LogP contribution in [-0.4, -0.2) is 9.97 Å². The number of hydrogen-bond donors (Lipinski definition) is 1. The van der Waals surface area contributed by atoms with Crippen molar-refractivity contribution >= 4 is 0 Å². The SMILES string of the molecule is Cc1cccc(C)c1-c1ncc2c(n1)CCCC2N. The van der Waals surface area contributed by atoms with E-state index in [4.69, 9.17) is 10.7 Å². The summed E-state index contributed by atoms with van der Waals surface area (Å²) in [6.45, 7) is 4.22. The number of aromatic nitrogens is 2. The van der Waals surface area contributed by atoms with Crippen molar-refractivity contribution in [1.82, 2.24) is 9.97 Å². The first-order chi connectivity index (χ1) is 9.16. The highest BCUT2D eigenvalue weighted by Gasteiger charge is 2.20. The zero-order valence-corrected chi connectivity index (χ0v) is 11.5.